The topological polar surface area (TPSA) is 49.6 Å². The summed E-state index contributed by atoms with van der Waals surface area (Å²) in [6, 6.07) is 0.637. The van der Waals surface area contributed by atoms with Gasteiger partial charge in [0.2, 0.25) is 5.91 Å². The Labute approximate surface area is 105 Å². The van der Waals surface area contributed by atoms with Gasteiger partial charge in [0.1, 0.15) is 0 Å². The summed E-state index contributed by atoms with van der Waals surface area (Å²) in [5.41, 5.74) is 5.48. The van der Waals surface area contributed by atoms with Gasteiger partial charge in [-0.25, -0.2) is 0 Å². The average Bonchev–Trinajstić information content (AvgIpc) is 2.35. The molecule has 100 valence electrons. The van der Waals surface area contributed by atoms with E-state index in [1.54, 1.807) is 0 Å². The highest BCUT2D eigenvalue weighted by molar-refractivity contribution is 5.78. The fraction of sp³-hybridized carbons (Fsp3) is 0.923. The van der Waals surface area contributed by atoms with E-state index < -0.39 is 0 Å². The number of carbonyl (C=O) groups excluding carboxylic acids is 1. The summed E-state index contributed by atoms with van der Waals surface area (Å²) in [6.45, 7) is 4.53. The van der Waals surface area contributed by atoms with Crippen molar-refractivity contribution in [3.63, 3.8) is 0 Å². The van der Waals surface area contributed by atoms with Crippen LogP contribution in [0.2, 0.25) is 0 Å². The predicted octanol–water partition coefficient (Wildman–Crippen LogP) is 0.914. The van der Waals surface area contributed by atoms with E-state index >= 15 is 0 Å². The van der Waals surface area contributed by atoms with E-state index in [0.29, 0.717) is 18.5 Å². The number of piperidine rings is 1. The van der Waals surface area contributed by atoms with Crippen LogP contribution in [0.5, 0.6) is 0 Å². The first kappa shape index (κ1) is 14.5. The third kappa shape index (κ3) is 4.28. The lowest BCUT2D eigenvalue weighted by molar-refractivity contribution is -0.136. The van der Waals surface area contributed by atoms with Crippen LogP contribution < -0.4 is 5.73 Å². The van der Waals surface area contributed by atoms with Gasteiger partial charge in [-0.05, 0) is 46.3 Å². The highest BCUT2D eigenvalue weighted by Crippen LogP contribution is 2.17. The van der Waals surface area contributed by atoms with Crippen molar-refractivity contribution in [2.45, 2.75) is 38.6 Å². The summed E-state index contributed by atoms with van der Waals surface area (Å²) >= 11 is 0. The van der Waals surface area contributed by atoms with Gasteiger partial charge in [-0.3, -0.25) is 4.79 Å². The normalized spacial score (nSPS) is 19.7. The van der Waals surface area contributed by atoms with E-state index in [1.807, 2.05) is 11.8 Å². The average molecular weight is 241 g/mol. The van der Waals surface area contributed by atoms with Gasteiger partial charge in [-0.1, -0.05) is 6.92 Å². The minimum absolute atomic E-state index is 0.134. The maximum absolute atomic E-state index is 12.2. The van der Waals surface area contributed by atoms with Crippen molar-refractivity contribution in [2.75, 3.05) is 33.7 Å². The van der Waals surface area contributed by atoms with Gasteiger partial charge < -0.3 is 15.5 Å². The van der Waals surface area contributed by atoms with Crippen LogP contribution in [0.15, 0.2) is 0 Å². The van der Waals surface area contributed by atoms with Crippen molar-refractivity contribution < 1.29 is 4.79 Å². The number of hydrogen-bond donors (Lipinski definition) is 1. The van der Waals surface area contributed by atoms with Crippen LogP contribution in [0, 0.1) is 5.92 Å². The molecule has 1 heterocycles. The third-order valence-electron chi connectivity index (χ3n) is 3.77. The monoisotopic (exact) mass is 241 g/mol. The summed E-state index contributed by atoms with van der Waals surface area (Å²) in [4.78, 5) is 16.4. The summed E-state index contributed by atoms with van der Waals surface area (Å²) in [5, 5.41) is 0. The van der Waals surface area contributed by atoms with E-state index in [9.17, 15) is 4.79 Å². The van der Waals surface area contributed by atoms with Crippen molar-refractivity contribution in [3.8, 4) is 0 Å². The Morgan fingerprint density at radius 2 is 2.00 bits per heavy atom. The number of rotatable bonds is 5. The Morgan fingerprint density at radius 1 is 1.41 bits per heavy atom. The molecule has 1 aliphatic heterocycles. The minimum atomic E-state index is 0.134. The van der Waals surface area contributed by atoms with Crippen LogP contribution in [-0.2, 0) is 4.79 Å². The Balaban J connectivity index is 2.35. The van der Waals surface area contributed by atoms with Gasteiger partial charge >= 0.3 is 0 Å². The van der Waals surface area contributed by atoms with Crippen LogP contribution in [0.3, 0.4) is 0 Å². The summed E-state index contributed by atoms with van der Waals surface area (Å²) < 4.78 is 0. The first-order chi connectivity index (χ1) is 8.06. The SMILES string of the molecule is CC(CCCN)C(=O)N1CCC(N(C)C)CC1. The number of amides is 1. The lowest BCUT2D eigenvalue weighted by Gasteiger charge is -2.36. The molecule has 0 aromatic carbocycles. The Hall–Kier alpha value is -0.610. The van der Waals surface area contributed by atoms with Gasteiger partial charge in [0.25, 0.3) is 0 Å². The molecule has 1 amide bonds. The molecule has 1 saturated heterocycles. The summed E-state index contributed by atoms with van der Waals surface area (Å²) in [7, 11) is 4.23. The van der Waals surface area contributed by atoms with E-state index in [0.717, 1.165) is 38.8 Å². The summed E-state index contributed by atoms with van der Waals surface area (Å²) in [5.74, 6) is 0.449. The molecule has 1 fully saturated rings. The molecule has 2 N–H and O–H groups in total. The van der Waals surface area contributed by atoms with E-state index in [2.05, 4.69) is 19.0 Å². The molecule has 4 heteroatoms. The molecule has 0 aliphatic carbocycles. The quantitative estimate of drug-likeness (QED) is 0.778. The fourth-order valence-electron chi connectivity index (χ4n) is 2.46. The Kier molecular flexibility index (Phi) is 5.92. The van der Waals surface area contributed by atoms with Crippen LogP contribution in [-0.4, -0.2) is 55.5 Å². The van der Waals surface area contributed by atoms with Crippen molar-refractivity contribution in [1.29, 1.82) is 0 Å². The number of likely N-dealkylation sites (tertiary alicyclic amines) is 1. The molecule has 0 radical (unpaired) electrons. The molecule has 17 heavy (non-hydrogen) atoms. The minimum Gasteiger partial charge on any atom is -0.342 e. The number of carbonyl (C=O) groups is 1. The van der Waals surface area contributed by atoms with E-state index in [1.165, 1.54) is 0 Å². The predicted molar refractivity (Wildman–Crippen MR) is 70.7 cm³/mol. The van der Waals surface area contributed by atoms with E-state index in [-0.39, 0.29) is 5.92 Å². The molecule has 1 aliphatic rings. The molecule has 0 saturated carbocycles. The molecular weight excluding hydrogens is 214 g/mol. The van der Waals surface area contributed by atoms with Crippen molar-refractivity contribution in [1.82, 2.24) is 9.80 Å². The number of nitrogens with two attached hydrogens (primary N) is 1. The molecular formula is C13H27N3O. The first-order valence-electron chi connectivity index (χ1n) is 6.71. The number of nitrogens with zero attached hydrogens (tertiary/aromatic N) is 2. The Morgan fingerprint density at radius 3 is 2.47 bits per heavy atom. The van der Waals surface area contributed by atoms with Crippen LogP contribution in [0.1, 0.15) is 32.6 Å². The van der Waals surface area contributed by atoms with Gasteiger partial charge in [0.05, 0.1) is 0 Å². The molecule has 1 unspecified atom stereocenters. The van der Waals surface area contributed by atoms with Crippen LogP contribution in [0.25, 0.3) is 0 Å². The van der Waals surface area contributed by atoms with Crippen molar-refractivity contribution in [2.24, 2.45) is 11.7 Å². The second-order valence-electron chi connectivity index (χ2n) is 5.35. The molecule has 0 aromatic heterocycles. The Bertz CT molecular complexity index is 235. The van der Waals surface area contributed by atoms with Gasteiger partial charge in [0.15, 0.2) is 0 Å². The van der Waals surface area contributed by atoms with Crippen LogP contribution in [0.4, 0.5) is 0 Å². The van der Waals surface area contributed by atoms with Gasteiger partial charge in [-0.2, -0.15) is 0 Å². The number of hydrogen-bond acceptors (Lipinski definition) is 3. The highest BCUT2D eigenvalue weighted by atomic mass is 16.2. The molecule has 1 rings (SSSR count). The van der Waals surface area contributed by atoms with Crippen LogP contribution >= 0.6 is 0 Å². The summed E-state index contributed by atoms with van der Waals surface area (Å²) in [6.07, 6.45) is 4.06. The second kappa shape index (κ2) is 6.97. The first-order valence-corrected chi connectivity index (χ1v) is 6.71. The van der Waals surface area contributed by atoms with Gasteiger partial charge in [-0.15, -0.1) is 0 Å². The van der Waals surface area contributed by atoms with E-state index in [4.69, 9.17) is 5.73 Å². The smallest absolute Gasteiger partial charge is 0.225 e. The zero-order valence-electron chi connectivity index (χ0n) is 11.5. The molecule has 4 nitrogen and oxygen atoms in total. The lowest BCUT2D eigenvalue weighted by Crippen LogP contribution is -2.46. The van der Waals surface area contributed by atoms with Crippen molar-refractivity contribution in [3.05, 3.63) is 0 Å². The standard InChI is InChI=1S/C13H27N3O/c1-11(5-4-8-14)13(17)16-9-6-12(7-10-16)15(2)3/h11-12H,4-10,14H2,1-3H3. The maximum atomic E-state index is 12.2. The third-order valence-corrected chi connectivity index (χ3v) is 3.77. The van der Waals surface area contributed by atoms with Gasteiger partial charge in [0, 0.05) is 25.0 Å². The maximum Gasteiger partial charge on any atom is 0.225 e. The zero-order chi connectivity index (χ0) is 12.8. The molecule has 0 aromatic rings. The largest absolute Gasteiger partial charge is 0.342 e. The highest BCUT2D eigenvalue weighted by Gasteiger charge is 2.26. The zero-order valence-corrected chi connectivity index (χ0v) is 11.5. The molecule has 0 spiro atoms. The second-order valence-corrected chi connectivity index (χ2v) is 5.35. The van der Waals surface area contributed by atoms with Crippen molar-refractivity contribution >= 4 is 5.91 Å². The molecule has 0 bridgehead atoms. The lowest BCUT2D eigenvalue weighted by atomic mass is 9.99. The fourth-order valence-corrected chi connectivity index (χ4v) is 2.46. The molecule has 1 atom stereocenters.